The van der Waals surface area contributed by atoms with Gasteiger partial charge in [-0.1, -0.05) is 66.7 Å². The summed E-state index contributed by atoms with van der Waals surface area (Å²) in [5, 5.41) is 8.70. The summed E-state index contributed by atoms with van der Waals surface area (Å²) in [5.74, 6) is -0.198. The van der Waals surface area contributed by atoms with E-state index in [0.717, 1.165) is 29.4 Å². The van der Waals surface area contributed by atoms with Crippen LogP contribution in [0.3, 0.4) is 0 Å². The molecule has 0 aromatic heterocycles. The summed E-state index contributed by atoms with van der Waals surface area (Å²) < 4.78 is -0.914. The quantitative estimate of drug-likeness (QED) is 0.222. The van der Waals surface area contributed by atoms with Crippen LogP contribution in [0.25, 0.3) is 0 Å². The number of nitrogens with one attached hydrogen (secondary N) is 3. The van der Waals surface area contributed by atoms with Crippen LogP contribution in [0, 0.1) is 0 Å². The Kier molecular flexibility index (Phi) is 9.67. The van der Waals surface area contributed by atoms with Crippen molar-refractivity contribution >= 4 is 79.7 Å². The molecule has 0 spiro atoms. The van der Waals surface area contributed by atoms with Gasteiger partial charge in [0.1, 0.15) is 6.17 Å². The zero-order valence-electron chi connectivity index (χ0n) is 13.0. The second kappa shape index (κ2) is 10.7. The molecule has 0 saturated carbocycles. The van der Waals surface area contributed by atoms with Gasteiger partial charge in [-0.3, -0.25) is 4.79 Å². The maximum Gasteiger partial charge on any atom is 0.228 e. The minimum atomic E-state index is -1.75. The number of halogens is 4. The van der Waals surface area contributed by atoms with Crippen LogP contribution in [0.5, 0.6) is 0 Å². The summed E-state index contributed by atoms with van der Waals surface area (Å²) in [6.45, 7) is 2.06. The largest absolute Gasteiger partial charge is 0.339 e. The number of para-hydroxylation sites is 1. The topological polar surface area (TPSA) is 53.2 Å². The zero-order valence-corrected chi connectivity index (χ0v) is 17.7. The number of alkyl halides is 3. The third-order valence-corrected chi connectivity index (χ3v) is 4.60. The van der Waals surface area contributed by atoms with E-state index in [1.54, 1.807) is 0 Å². The fourth-order valence-corrected chi connectivity index (χ4v) is 2.76. The van der Waals surface area contributed by atoms with Crippen molar-refractivity contribution in [3.05, 3.63) is 28.7 Å². The van der Waals surface area contributed by atoms with Crippen LogP contribution in [-0.4, -0.2) is 21.0 Å². The first-order valence-corrected chi connectivity index (χ1v) is 9.75. The van der Waals surface area contributed by atoms with Crippen molar-refractivity contribution in [2.24, 2.45) is 0 Å². The lowest BCUT2D eigenvalue weighted by molar-refractivity contribution is -0.122. The average molecular weight is 476 g/mol. The fourth-order valence-electron chi connectivity index (χ4n) is 1.82. The molecule has 0 radical (unpaired) electrons. The molecule has 1 atom stereocenters. The van der Waals surface area contributed by atoms with Crippen molar-refractivity contribution in [1.29, 1.82) is 0 Å². The van der Waals surface area contributed by atoms with Gasteiger partial charge in [-0.15, -0.1) is 0 Å². The van der Waals surface area contributed by atoms with Gasteiger partial charge in [-0.05, 0) is 46.7 Å². The lowest BCUT2D eigenvalue weighted by Crippen LogP contribution is -2.56. The van der Waals surface area contributed by atoms with Gasteiger partial charge in [0.25, 0.3) is 0 Å². The first-order chi connectivity index (χ1) is 11.2. The van der Waals surface area contributed by atoms with Gasteiger partial charge in [0, 0.05) is 10.9 Å². The molecule has 1 rings (SSSR count). The van der Waals surface area contributed by atoms with Crippen LogP contribution >= 0.6 is 63.0 Å². The van der Waals surface area contributed by atoms with Gasteiger partial charge in [0.15, 0.2) is 5.11 Å². The number of benzene rings is 1. The predicted octanol–water partition coefficient (Wildman–Crippen LogP) is 5.13. The van der Waals surface area contributed by atoms with Gasteiger partial charge in [-0.25, -0.2) is 0 Å². The zero-order chi connectivity index (χ0) is 18.2. The predicted molar refractivity (Wildman–Crippen MR) is 110 cm³/mol. The summed E-state index contributed by atoms with van der Waals surface area (Å²) in [5.41, 5.74) is 0.757. The molecule has 1 amide bonds. The third-order valence-electron chi connectivity index (χ3n) is 3.04. The van der Waals surface area contributed by atoms with Gasteiger partial charge in [0.2, 0.25) is 9.70 Å². The van der Waals surface area contributed by atoms with Crippen molar-refractivity contribution in [1.82, 2.24) is 10.6 Å². The van der Waals surface area contributed by atoms with Crippen molar-refractivity contribution < 1.29 is 4.79 Å². The second-order valence-electron chi connectivity index (χ2n) is 5.08. The van der Waals surface area contributed by atoms with Crippen molar-refractivity contribution in [2.75, 3.05) is 5.32 Å². The van der Waals surface area contributed by atoms with Crippen LogP contribution in [-0.2, 0) is 4.79 Å². The van der Waals surface area contributed by atoms with E-state index in [1.165, 1.54) is 0 Å². The summed E-state index contributed by atoms with van der Waals surface area (Å²) in [6.07, 6.45) is 2.21. The maximum absolute atomic E-state index is 12.0. The minimum absolute atomic E-state index is 0.198. The molecule has 0 bridgehead atoms. The van der Waals surface area contributed by atoms with E-state index < -0.39 is 9.96 Å². The number of carbonyl (C=O) groups is 1. The van der Waals surface area contributed by atoms with Crippen LogP contribution in [0.4, 0.5) is 5.69 Å². The first kappa shape index (κ1) is 21.8. The van der Waals surface area contributed by atoms with Crippen LogP contribution in [0.1, 0.15) is 32.6 Å². The number of carbonyl (C=O) groups excluding carboxylic acids is 1. The Balaban J connectivity index is 2.64. The van der Waals surface area contributed by atoms with Crippen LogP contribution in [0.2, 0.25) is 0 Å². The molecule has 134 valence electrons. The third kappa shape index (κ3) is 8.21. The number of rotatable bonds is 7. The highest BCUT2D eigenvalue weighted by Gasteiger charge is 2.34. The Morgan fingerprint density at radius 1 is 1.25 bits per heavy atom. The molecule has 0 unspecified atom stereocenters. The molecule has 0 aliphatic carbocycles. The molecule has 0 aliphatic heterocycles. The number of hydrogen-bond acceptors (Lipinski definition) is 2. The van der Waals surface area contributed by atoms with E-state index in [9.17, 15) is 4.79 Å². The summed E-state index contributed by atoms with van der Waals surface area (Å²) in [4.78, 5) is 12.0. The monoisotopic (exact) mass is 473 g/mol. The van der Waals surface area contributed by atoms with Crippen molar-refractivity contribution in [2.45, 2.75) is 42.6 Å². The number of hydrogen-bond donors (Lipinski definition) is 3. The van der Waals surface area contributed by atoms with E-state index in [-0.39, 0.29) is 11.0 Å². The van der Waals surface area contributed by atoms with E-state index in [0.29, 0.717) is 6.42 Å². The Morgan fingerprint density at radius 2 is 1.92 bits per heavy atom. The van der Waals surface area contributed by atoms with Gasteiger partial charge >= 0.3 is 0 Å². The lowest BCUT2D eigenvalue weighted by Gasteiger charge is -2.28. The number of unbranched alkanes of at least 4 members (excludes halogenated alkanes) is 2. The highest BCUT2D eigenvalue weighted by molar-refractivity contribution is 9.10. The Hall–Kier alpha value is -0.270. The molecular formula is C15H19BrCl3N3OS. The second-order valence-corrected chi connectivity index (χ2v) is 8.71. The summed E-state index contributed by atoms with van der Waals surface area (Å²) in [6, 6.07) is 7.45. The molecule has 0 saturated heterocycles. The molecule has 24 heavy (non-hydrogen) atoms. The fraction of sp³-hybridized carbons (Fsp3) is 0.467. The van der Waals surface area contributed by atoms with Gasteiger partial charge < -0.3 is 16.0 Å². The molecule has 1 aromatic rings. The molecule has 0 fully saturated rings. The molecule has 0 heterocycles. The van der Waals surface area contributed by atoms with Crippen molar-refractivity contribution in [3.63, 3.8) is 0 Å². The molecular weight excluding hydrogens is 457 g/mol. The first-order valence-electron chi connectivity index (χ1n) is 7.42. The molecule has 9 heteroatoms. The Morgan fingerprint density at radius 3 is 2.50 bits per heavy atom. The summed E-state index contributed by atoms with van der Waals surface area (Å²) >= 11 is 26.5. The van der Waals surface area contributed by atoms with E-state index in [4.69, 9.17) is 47.0 Å². The van der Waals surface area contributed by atoms with Crippen LogP contribution in [0.15, 0.2) is 28.7 Å². The van der Waals surface area contributed by atoms with Crippen molar-refractivity contribution in [3.8, 4) is 0 Å². The number of amides is 1. The maximum atomic E-state index is 12.0. The smallest absolute Gasteiger partial charge is 0.228 e. The highest BCUT2D eigenvalue weighted by Crippen LogP contribution is 2.29. The summed E-state index contributed by atoms with van der Waals surface area (Å²) in [7, 11) is 0. The molecule has 1 aromatic carbocycles. The molecule has 3 N–H and O–H groups in total. The normalized spacial score (nSPS) is 12.4. The Labute approximate surface area is 171 Å². The van der Waals surface area contributed by atoms with E-state index in [1.807, 2.05) is 24.3 Å². The van der Waals surface area contributed by atoms with E-state index in [2.05, 4.69) is 38.8 Å². The minimum Gasteiger partial charge on any atom is -0.339 e. The molecule has 4 nitrogen and oxygen atoms in total. The number of anilines is 1. The van der Waals surface area contributed by atoms with Gasteiger partial charge in [0.05, 0.1) is 5.69 Å². The lowest BCUT2D eigenvalue weighted by atomic mass is 10.2. The SMILES string of the molecule is CCCCCC(=O)N[C@H](NC(=S)Nc1ccccc1Br)C(Cl)(Cl)Cl. The number of thiocarbonyl (C=S) groups is 1. The Bertz CT molecular complexity index is 569. The molecule has 0 aliphatic rings. The average Bonchev–Trinajstić information content (AvgIpc) is 2.48. The van der Waals surface area contributed by atoms with Crippen LogP contribution < -0.4 is 16.0 Å². The van der Waals surface area contributed by atoms with Gasteiger partial charge in [-0.2, -0.15) is 0 Å². The standard InChI is InChI=1S/C15H19BrCl3N3OS/c1-2-3-4-9-12(23)21-13(15(17,18)19)22-14(24)20-11-8-6-5-7-10(11)16/h5-8,13H,2-4,9H2,1H3,(H,21,23)(H2,20,22,24)/t13-/m1/s1. The highest BCUT2D eigenvalue weighted by atomic mass is 79.9. The van der Waals surface area contributed by atoms with E-state index >= 15 is 0 Å².